The molecule has 1 amide bonds. The Morgan fingerprint density at radius 2 is 1.93 bits per heavy atom. The van der Waals surface area contributed by atoms with Crippen LogP contribution in [0.1, 0.15) is 25.3 Å². The number of nitrogens with zero attached hydrogens (tertiary/aromatic N) is 3. The lowest BCUT2D eigenvalue weighted by Gasteiger charge is -2.39. The highest BCUT2D eigenvalue weighted by Gasteiger charge is 2.31. The van der Waals surface area contributed by atoms with Gasteiger partial charge in [0.15, 0.2) is 0 Å². The Morgan fingerprint density at radius 1 is 1.26 bits per heavy atom. The van der Waals surface area contributed by atoms with Crippen LogP contribution >= 0.6 is 0 Å². The van der Waals surface area contributed by atoms with Crippen LogP contribution in [-0.4, -0.2) is 50.8 Å². The van der Waals surface area contributed by atoms with Gasteiger partial charge in [-0.3, -0.25) is 4.57 Å². The summed E-state index contributed by atoms with van der Waals surface area (Å²) < 4.78 is 1.46. The molecule has 2 heterocycles. The van der Waals surface area contributed by atoms with E-state index in [1.807, 2.05) is 31.2 Å². The molecule has 1 aliphatic rings. The summed E-state index contributed by atoms with van der Waals surface area (Å²) in [5.74, 6) is 0.212. The van der Waals surface area contributed by atoms with E-state index in [0.717, 1.165) is 44.6 Å². The van der Waals surface area contributed by atoms with Gasteiger partial charge in [0.2, 0.25) is 0 Å². The van der Waals surface area contributed by atoms with Gasteiger partial charge in [-0.25, -0.2) is 9.59 Å². The van der Waals surface area contributed by atoms with Crippen LogP contribution in [0.2, 0.25) is 0 Å². The summed E-state index contributed by atoms with van der Waals surface area (Å²) in [6.45, 7) is 4.64. The molecule has 0 atom stereocenters. The normalized spacial score (nSPS) is 16.8. The topological polar surface area (TPSA) is 113 Å². The lowest BCUT2D eigenvalue weighted by atomic mass is 9.89. The van der Waals surface area contributed by atoms with Crippen LogP contribution in [-0.2, 0) is 6.42 Å². The van der Waals surface area contributed by atoms with Crippen molar-refractivity contribution in [1.29, 1.82) is 0 Å². The van der Waals surface area contributed by atoms with Crippen molar-refractivity contribution in [2.24, 2.45) is 0 Å². The zero-order chi connectivity index (χ0) is 19.4. The van der Waals surface area contributed by atoms with Gasteiger partial charge < -0.3 is 21.1 Å². The molecular weight excluding hydrogens is 346 g/mol. The number of benzene rings is 1. The average molecular weight is 371 g/mol. The molecule has 4 N–H and O–H groups in total. The van der Waals surface area contributed by atoms with Crippen molar-refractivity contribution < 1.29 is 9.90 Å². The minimum Gasteiger partial charge on any atom is -0.465 e. The van der Waals surface area contributed by atoms with Gasteiger partial charge in [0.05, 0.1) is 5.69 Å². The summed E-state index contributed by atoms with van der Waals surface area (Å²) >= 11 is 0. The summed E-state index contributed by atoms with van der Waals surface area (Å²) in [6.07, 6.45) is 3.19. The van der Waals surface area contributed by atoms with Crippen LogP contribution in [0.25, 0.3) is 5.69 Å². The van der Waals surface area contributed by atoms with Crippen LogP contribution in [0.5, 0.6) is 0 Å². The maximum atomic E-state index is 11.9. The first-order valence-electron chi connectivity index (χ1n) is 9.03. The monoisotopic (exact) mass is 371 g/mol. The molecule has 144 valence electrons. The van der Waals surface area contributed by atoms with E-state index in [0.29, 0.717) is 0 Å². The highest BCUT2D eigenvalue weighted by molar-refractivity contribution is 5.65. The van der Waals surface area contributed by atoms with Gasteiger partial charge in [0.25, 0.3) is 0 Å². The van der Waals surface area contributed by atoms with E-state index in [1.165, 1.54) is 10.1 Å². The first kappa shape index (κ1) is 18.9. The smallest absolute Gasteiger partial charge is 0.405 e. The van der Waals surface area contributed by atoms with E-state index in [4.69, 9.17) is 10.8 Å². The number of nitrogen functional groups attached to an aromatic ring is 1. The predicted octanol–water partition coefficient (Wildman–Crippen LogP) is 1.48. The predicted molar refractivity (Wildman–Crippen MR) is 103 cm³/mol. The minimum atomic E-state index is -0.957. The number of piperidine rings is 1. The number of nitrogens with two attached hydrogens (primary N) is 1. The first-order chi connectivity index (χ1) is 12.8. The molecule has 8 heteroatoms. The van der Waals surface area contributed by atoms with Crippen LogP contribution in [0.3, 0.4) is 0 Å². The van der Waals surface area contributed by atoms with Gasteiger partial charge in [-0.15, -0.1) is 0 Å². The number of nitrogens with one attached hydrogen (secondary N) is 1. The van der Waals surface area contributed by atoms with Gasteiger partial charge in [0.1, 0.15) is 5.82 Å². The molecular formula is C19H25N5O3. The van der Waals surface area contributed by atoms with Crippen LogP contribution < -0.4 is 16.7 Å². The number of aromatic nitrogens is 2. The van der Waals surface area contributed by atoms with E-state index in [1.54, 1.807) is 12.3 Å². The van der Waals surface area contributed by atoms with Gasteiger partial charge >= 0.3 is 11.8 Å². The average Bonchev–Trinajstić information content (AvgIpc) is 2.61. The van der Waals surface area contributed by atoms with Crippen LogP contribution in [0.15, 0.2) is 41.3 Å². The molecule has 0 radical (unpaired) electrons. The fourth-order valence-corrected chi connectivity index (χ4v) is 3.38. The number of hydrogen-bond donors (Lipinski definition) is 3. The van der Waals surface area contributed by atoms with Gasteiger partial charge in [0, 0.05) is 31.4 Å². The SMILES string of the molecule is CC1(NC(=O)O)CCN(CCc2ccc(-n3ccc(N)nc3=O)cc2)CC1. The molecule has 0 aliphatic carbocycles. The number of anilines is 1. The molecule has 0 spiro atoms. The quantitative estimate of drug-likeness (QED) is 0.734. The van der Waals surface area contributed by atoms with Crippen molar-refractivity contribution in [3.8, 4) is 5.69 Å². The Hall–Kier alpha value is -2.87. The number of hydrogen-bond acceptors (Lipinski definition) is 5. The molecule has 8 nitrogen and oxygen atoms in total. The van der Waals surface area contributed by atoms with Crippen LogP contribution in [0.4, 0.5) is 10.6 Å². The van der Waals surface area contributed by atoms with Crippen molar-refractivity contribution in [3.05, 3.63) is 52.6 Å². The Kier molecular flexibility index (Phi) is 5.46. The molecule has 1 saturated heterocycles. The zero-order valence-corrected chi connectivity index (χ0v) is 15.4. The molecule has 1 fully saturated rings. The fourth-order valence-electron chi connectivity index (χ4n) is 3.38. The zero-order valence-electron chi connectivity index (χ0n) is 15.4. The Labute approximate surface area is 157 Å². The molecule has 3 rings (SSSR count). The number of amides is 1. The fraction of sp³-hybridized carbons (Fsp3) is 0.421. The van der Waals surface area contributed by atoms with Crippen molar-refractivity contribution in [2.75, 3.05) is 25.4 Å². The van der Waals surface area contributed by atoms with Crippen molar-refractivity contribution in [1.82, 2.24) is 19.8 Å². The molecule has 1 aromatic heterocycles. The molecule has 1 aromatic carbocycles. The molecule has 0 saturated carbocycles. The lowest BCUT2D eigenvalue weighted by molar-refractivity contribution is 0.132. The second-order valence-corrected chi connectivity index (χ2v) is 7.25. The summed E-state index contributed by atoms with van der Waals surface area (Å²) in [4.78, 5) is 28.9. The Morgan fingerprint density at radius 3 is 2.52 bits per heavy atom. The summed E-state index contributed by atoms with van der Waals surface area (Å²) in [5, 5.41) is 11.6. The van der Waals surface area contributed by atoms with E-state index < -0.39 is 11.8 Å². The maximum Gasteiger partial charge on any atom is 0.405 e. The Bertz CT molecular complexity index is 854. The first-order valence-corrected chi connectivity index (χ1v) is 9.03. The van der Waals surface area contributed by atoms with E-state index in [2.05, 4.69) is 15.2 Å². The molecule has 2 aromatic rings. The second kappa shape index (κ2) is 7.79. The summed E-state index contributed by atoms with van der Waals surface area (Å²) in [7, 11) is 0. The maximum absolute atomic E-state index is 11.9. The lowest BCUT2D eigenvalue weighted by Crippen LogP contribution is -2.53. The number of rotatable bonds is 5. The number of likely N-dealkylation sites (tertiary alicyclic amines) is 1. The molecule has 1 aliphatic heterocycles. The van der Waals surface area contributed by atoms with E-state index >= 15 is 0 Å². The van der Waals surface area contributed by atoms with Gasteiger partial charge in [-0.05, 0) is 49.9 Å². The summed E-state index contributed by atoms with van der Waals surface area (Å²) in [6, 6.07) is 9.42. The van der Waals surface area contributed by atoms with Crippen molar-refractivity contribution in [3.63, 3.8) is 0 Å². The second-order valence-electron chi connectivity index (χ2n) is 7.25. The molecule has 0 bridgehead atoms. The van der Waals surface area contributed by atoms with E-state index in [-0.39, 0.29) is 11.4 Å². The highest BCUT2D eigenvalue weighted by atomic mass is 16.4. The standard InChI is InChI=1S/C19H25N5O3/c1-19(22-18(26)27)8-12-23(13-9-19)10-6-14-2-4-15(5-3-14)24-11-7-16(20)21-17(24)25/h2-5,7,11,22H,6,8-10,12-13H2,1H3,(H,26,27)(H2,20,21,25). The minimum absolute atomic E-state index is 0.212. The highest BCUT2D eigenvalue weighted by Crippen LogP contribution is 2.22. The van der Waals surface area contributed by atoms with E-state index in [9.17, 15) is 9.59 Å². The summed E-state index contributed by atoms with van der Waals surface area (Å²) in [5.41, 5.74) is 6.74. The third-order valence-corrected chi connectivity index (χ3v) is 5.12. The third-order valence-electron chi connectivity index (χ3n) is 5.12. The van der Waals surface area contributed by atoms with Gasteiger partial charge in [-0.2, -0.15) is 4.98 Å². The van der Waals surface area contributed by atoms with Gasteiger partial charge in [-0.1, -0.05) is 12.1 Å². The van der Waals surface area contributed by atoms with Crippen molar-refractivity contribution in [2.45, 2.75) is 31.7 Å². The van der Waals surface area contributed by atoms with Crippen LogP contribution in [0, 0.1) is 0 Å². The largest absolute Gasteiger partial charge is 0.465 e. The third kappa shape index (κ3) is 4.85. The number of carbonyl (C=O) groups is 1. The Balaban J connectivity index is 1.54. The molecule has 0 unspecified atom stereocenters. The van der Waals surface area contributed by atoms with Crippen molar-refractivity contribution >= 4 is 11.9 Å². The number of carboxylic acid groups (broad SMARTS) is 1. The molecule has 27 heavy (non-hydrogen) atoms.